The van der Waals surface area contributed by atoms with Crippen LogP contribution in [0.15, 0.2) is 47.5 Å². The zero-order valence-corrected chi connectivity index (χ0v) is 20.8. The fourth-order valence-corrected chi connectivity index (χ4v) is 6.32. The van der Waals surface area contributed by atoms with Crippen molar-refractivity contribution in [1.82, 2.24) is 14.6 Å². The summed E-state index contributed by atoms with van der Waals surface area (Å²) in [6.07, 6.45) is 9.61. The molecular formula is C26H24F2N4O4S. The number of halogens is 2. The maximum atomic E-state index is 15.2. The molecule has 8 nitrogen and oxygen atoms in total. The third-order valence-corrected chi connectivity index (χ3v) is 8.58. The summed E-state index contributed by atoms with van der Waals surface area (Å²) in [6.45, 7) is 2.02. The van der Waals surface area contributed by atoms with Crippen molar-refractivity contribution < 1.29 is 23.4 Å². The van der Waals surface area contributed by atoms with E-state index in [1.54, 1.807) is 22.2 Å². The van der Waals surface area contributed by atoms with Crippen molar-refractivity contribution in [3.05, 3.63) is 85.7 Å². The lowest BCUT2D eigenvalue weighted by molar-refractivity contribution is 0.0256. The van der Waals surface area contributed by atoms with E-state index in [0.717, 1.165) is 17.5 Å². The highest BCUT2D eigenvalue weighted by Gasteiger charge is 2.49. The summed E-state index contributed by atoms with van der Waals surface area (Å²) in [7, 11) is 0. The Bertz CT molecular complexity index is 1500. The van der Waals surface area contributed by atoms with Gasteiger partial charge in [0.1, 0.15) is 19.3 Å². The normalized spacial score (nSPS) is 20.9. The molecule has 2 bridgehead atoms. The number of thiazole rings is 1. The first-order valence-corrected chi connectivity index (χ1v) is 12.9. The number of carbonyl (C=O) groups is 1. The highest BCUT2D eigenvalue weighted by Crippen LogP contribution is 2.45. The van der Waals surface area contributed by atoms with Gasteiger partial charge in [0.15, 0.2) is 23.0 Å². The molecule has 1 aromatic carbocycles. The first kappa shape index (κ1) is 23.7. The quantitative estimate of drug-likeness (QED) is 0.511. The Labute approximate surface area is 215 Å². The largest absolute Gasteiger partial charge is 0.502 e. The number of aromatic hydroxyl groups is 1. The van der Waals surface area contributed by atoms with Crippen LogP contribution in [0.3, 0.4) is 0 Å². The Kier molecular flexibility index (Phi) is 5.55. The summed E-state index contributed by atoms with van der Waals surface area (Å²) in [6, 6.07) is 2.92. The molecule has 1 N–H and O–H groups in total. The van der Waals surface area contributed by atoms with E-state index in [9.17, 15) is 19.1 Å². The number of aromatic nitrogens is 2. The molecule has 2 aromatic heterocycles. The molecule has 6 rings (SSSR count). The van der Waals surface area contributed by atoms with E-state index >= 15 is 4.39 Å². The number of nitrogens with zero attached hydrogens (tertiary/aromatic N) is 4. The minimum Gasteiger partial charge on any atom is -0.502 e. The molecule has 1 aliphatic carbocycles. The maximum absolute atomic E-state index is 15.2. The molecular weight excluding hydrogens is 502 g/mol. The average Bonchev–Trinajstić information content (AvgIpc) is 3.33. The predicted octanol–water partition coefficient (Wildman–Crippen LogP) is 3.86. The standard InChI is InChI=1S/C26H24F2N4O4S/c1-2-19-29-13-18(37-19)21-15-5-6-16(27)20(28)24(15)36-12-4-10-26(8-3-9-26)30-14-32(21)31-11-7-17(33)23(34)22(31)25(30)35/h4-7,10-11,13,21,34H,2-3,8-9,12,14H2,1H3/b10-4+. The Morgan fingerprint density at radius 2 is 2.05 bits per heavy atom. The lowest BCUT2D eigenvalue weighted by Crippen LogP contribution is -2.64. The number of aryl methyl sites for hydroxylation is 1. The van der Waals surface area contributed by atoms with Gasteiger partial charge >= 0.3 is 0 Å². The summed E-state index contributed by atoms with van der Waals surface area (Å²) in [5.41, 5.74) is -1.17. The first-order valence-electron chi connectivity index (χ1n) is 12.1. The number of amides is 1. The van der Waals surface area contributed by atoms with Crippen molar-refractivity contribution in [2.45, 2.75) is 44.2 Å². The van der Waals surface area contributed by atoms with Crippen LogP contribution in [0.5, 0.6) is 11.5 Å². The van der Waals surface area contributed by atoms with Crippen molar-refractivity contribution >= 4 is 17.2 Å². The molecule has 37 heavy (non-hydrogen) atoms. The lowest BCUT2D eigenvalue weighted by atomic mass is 9.74. The second-order valence-corrected chi connectivity index (χ2v) is 10.5. The fraction of sp³-hybridized carbons (Fsp3) is 0.346. The van der Waals surface area contributed by atoms with Crippen molar-refractivity contribution in [2.24, 2.45) is 0 Å². The number of pyridine rings is 1. The maximum Gasteiger partial charge on any atom is 0.278 e. The molecule has 1 amide bonds. The van der Waals surface area contributed by atoms with Gasteiger partial charge in [0.05, 0.1) is 15.4 Å². The van der Waals surface area contributed by atoms with Crippen molar-refractivity contribution in [1.29, 1.82) is 0 Å². The minimum absolute atomic E-state index is 0.0250. The van der Waals surface area contributed by atoms with Gasteiger partial charge in [-0.2, -0.15) is 4.39 Å². The first-order chi connectivity index (χ1) is 17.8. The van der Waals surface area contributed by atoms with Crippen molar-refractivity contribution in [3.63, 3.8) is 0 Å². The third-order valence-electron chi connectivity index (χ3n) is 7.39. The monoisotopic (exact) mass is 526 g/mol. The number of hydrogen-bond donors (Lipinski definition) is 1. The number of benzene rings is 1. The van der Waals surface area contributed by atoms with Crippen LogP contribution >= 0.6 is 11.3 Å². The number of fused-ring (bicyclic) bond motifs is 6. The zero-order valence-electron chi connectivity index (χ0n) is 20.0. The van der Waals surface area contributed by atoms with Gasteiger partial charge in [-0.15, -0.1) is 11.3 Å². The summed E-state index contributed by atoms with van der Waals surface area (Å²) >= 11 is 1.41. The van der Waals surface area contributed by atoms with Crippen LogP contribution in [-0.4, -0.2) is 44.4 Å². The van der Waals surface area contributed by atoms with Crippen molar-refractivity contribution in [3.8, 4) is 11.5 Å². The van der Waals surface area contributed by atoms with E-state index in [1.165, 1.54) is 34.3 Å². The van der Waals surface area contributed by atoms with E-state index < -0.39 is 40.3 Å². The molecule has 1 spiro atoms. The summed E-state index contributed by atoms with van der Waals surface area (Å²) in [5.74, 6) is -3.52. The van der Waals surface area contributed by atoms with Gasteiger partial charge in [0.25, 0.3) is 5.91 Å². The molecule has 11 heteroatoms. The number of carbonyl (C=O) groups excluding carboxylic acids is 1. The second kappa shape index (κ2) is 8.69. The number of rotatable bonds is 2. The van der Waals surface area contributed by atoms with Crippen LogP contribution in [0.4, 0.5) is 8.78 Å². The topological polar surface area (TPSA) is 87.9 Å². The Morgan fingerprint density at radius 3 is 2.76 bits per heavy atom. The summed E-state index contributed by atoms with van der Waals surface area (Å²) in [5, 5.41) is 13.4. The van der Waals surface area contributed by atoms with E-state index in [0.29, 0.717) is 29.7 Å². The van der Waals surface area contributed by atoms with E-state index in [-0.39, 0.29) is 24.7 Å². The SMILES string of the molecule is CCc1ncc(C2c3ccc(F)c(F)c3OC/C=C/C3(CCC3)N3CN2n2ccc(=O)c(O)c2C3=O)s1. The molecule has 3 aliphatic rings. The Balaban J connectivity index is 1.66. The minimum atomic E-state index is -1.11. The molecule has 0 saturated heterocycles. The molecule has 1 unspecified atom stereocenters. The molecule has 192 valence electrons. The van der Waals surface area contributed by atoms with E-state index in [2.05, 4.69) is 4.98 Å². The fourth-order valence-electron chi connectivity index (χ4n) is 5.33. The molecule has 1 atom stereocenters. The van der Waals surface area contributed by atoms with Crippen LogP contribution < -0.4 is 15.2 Å². The zero-order chi connectivity index (χ0) is 25.9. The molecule has 2 aliphatic heterocycles. The third kappa shape index (κ3) is 3.55. The van der Waals surface area contributed by atoms with Crippen LogP contribution in [0.25, 0.3) is 0 Å². The number of hydrogen-bond acceptors (Lipinski definition) is 7. The average molecular weight is 527 g/mol. The van der Waals surface area contributed by atoms with Gasteiger partial charge in [0.2, 0.25) is 11.2 Å². The van der Waals surface area contributed by atoms with Gasteiger partial charge in [-0.3, -0.25) is 19.3 Å². The van der Waals surface area contributed by atoms with Crippen LogP contribution in [-0.2, 0) is 6.42 Å². The second-order valence-electron chi connectivity index (χ2n) is 9.40. The van der Waals surface area contributed by atoms with Crippen molar-refractivity contribution in [2.75, 3.05) is 18.3 Å². The van der Waals surface area contributed by atoms with Gasteiger partial charge in [-0.05, 0) is 43.9 Å². The predicted molar refractivity (Wildman–Crippen MR) is 133 cm³/mol. The molecule has 1 fully saturated rings. The van der Waals surface area contributed by atoms with Gasteiger partial charge in [-0.1, -0.05) is 13.0 Å². The van der Waals surface area contributed by atoms with E-state index in [4.69, 9.17) is 4.74 Å². The van der Waals surface area contributed by atoms with Crippen LogP contribution in [0, 0.1) is 11.6 Å². The summed E-state index contributed by atoms with van der Waals surface area (Å²) < 4.78 is 36.9. The molecule has 4 heterocycles. The van der Waals surface area contributed by atoms with E-state index in [1.807, 2.05) is 13.0 Å². The van der Waals surface area contributed by atoms with Gasteiger partial charge in [0, 0.05) is 24.0 Å². The lowest BCUT2D eigenvalue weighted by Gasteiger charge is -2.53. The Hall–Kier alpha value is -3.73. The molecule has 0 radical (unpaired) electrons. The summed E-state index contributed by atoms with van der Waals surface area (Å²) in [4.78, 5) is 33.1. The smallest absolute Gasteiger partial charge is 0.278 e. The van der Waals surface area contributed by atoms with Crippen LogP contribution in [0.2, 0.25) is 0 Å². The number of ether oxygens (including phenoxy) is 1. The Morgan fingerprint density at radius 1 is 1.24 bits per heavy atom. The highest BCUT2D eigenvalue weighted by atomic mass is 32.1. The van der Waals surface area contributed by atoms with Gasteiger partial charge in [-0.25, -0.2) is 9.37 Å². The van der Waals surface area contributed by atoms with Crippen LogP contribution in [0.1, 0.15) is 58.2 Å². The highest BCUT2D eigenvalue weighted by molar-refractivity contribution is 7.11. The molecule has 3 aromatic rings. The molecule has 1 saturated carbocycles. The van der Waals surface area contributed by atoms with Gasteiger partial charge < -0.3 is 14.7 Å².